The summed E-state index contributed by atoms with van der Waals surface area (Å²) in [6.07, 6.45) is 0. The molecule has 1 aromatic carbocycles. The lowest BCUT2D eigenvalue weighted by atomic mass is 9.94. The van der Waals surface area contributed by atoms with E-state index in [1.54, 1.807) is 4.90 Å². The minimum atomic E-state index is -0.389. The molecule has 0 unspecified atom stereocenters. The minimum absolute atomic E-state index is 0.104. The molecule has 0 aliphatic carbocycles. The summed E-state index contributed by atoms with van der Waals surface area (Å²) in [5.74, 6) is 0.104. The van der Waals surface area contributed by atoms with Crippen molar-refractivity contribution in [2.75, 3.05) is 18.0 Å². The SMILES string of the molecule is Cc1ccc(N(CCN)C(=O)C(C)(C)C)cc1. The number of aryl methyl sites for hydroxylation is 1. The van der Waals surface area contributed by atoms with Crippen molar-refractivity contribution < 1.29 is 4.79 Å². The lowest BCUT2D eigenvalue weighted by Crippen LogP contribution is -2.42. The van der Waals surface area contributed by atoms with Gasteiger partial charge in [-0.3, -0.25) is 4.79 Å². The molecule has 0 spiro atoms. The third-order valence-corrected chi connectivity index (χ3v) is 2.59. The average molecular weight is 234 g/mol. The van der Waals surface area contributed by atoms with E-state index in [0.717, 1.165) is 5.69 Å². The fourth-order valence-corrected chi connectivity index (χ4v) is 1.61. The summed E-state index contributed by atoms with van der Waals surface area (Å²) in [5, 5.41) is 0. The second-order valence-electron chi connectivity index (χ2n) is 5.33. The van der Waals surface area contributed by atoms with Crippen LogP contribution < -0.4 is 10.6 Å². The first-order valence-electron chi connectivity index (χ1n) is 5.95. The van der Waals surface area contributed by atoms with Gasteiger partial charge in [0, 0.05) is 24.2 Å². The number of rotatable bonds is 3. The summed E-state index contributed by atoms with van der Waals surface area (Å²) < 4.78 is 0. The van der Waals surface area contributed by atoms with Crippen LogP contribution in [0.4, 0.5) is 5.69 Å². The number of amides is 1. The van der Waals surface area contributed by atoms with Gasteiger partial charge in [-0.05, 0) is 19.1 Å². The highest BCUT2D eigenvalue weighted by Gasteiger charge is 2.27. The zero-order chi connectivity index (χ0) is 13.1. The largest absolute Gasteiger partial charge is 0.329 e. The lowest BCUT2D eigenvalue weighted by Gasteiger charge is -2.29. The number of anilines is 1. The molecule has 3 heteroatoms. The first-order chi connectivity index (χ1) is 7.86. The molecule has 17 heavy (non-hydrogen) atoms. The van der Waals surface area contributed by atoms with E-state index >= 15 is 0 Å². The van der Waals surface area contributed by atoms with Crippen molar-refractivity contribution in [3.8, 4) is 0 Å². The van der Waals surface area contributed by atoms with Gasteiger partial charge < -0.3 is 10.6 Å². The van der Waals surface area contributed by atoms with Crippen molar-refractivity contribution in [2.24, 2.45) is 11.1 Å². The van der Waals surface area contributed by atoms with Gasteiger partial charge in [0.15, 0.2) is 0 Å². The van der Waals surface area contributed by atoms with Gasteiger partial charge in [-0.1, -0.05) is 38.5 Å². The third-order valence-electron chi connectivity index (χ3n) is 2.59. The standard InChI is InChI=1S/C14H22N2O/c1-11-5-7-12(8-6-11)16(10-9-15)13(17)14(2,3)4/h5-8H,9-10,15H2,1-4H3. The summed E-state index contributed by atoms with van der Waals surface area (Å²) in [7, 11) is 0. The number of carbonyl (C=O) groups excluding carboxylic acids is 1. The topological polar surface area (TPSA) is 46.3 Å². The second-order valence-corrected chi connectivity index (χ2v) is 5.33. The molecule has 0 saturated carbocycles. The summed E-state index contributed by atoms with van der Waals surface area (Å²) in [4.78, 5) is 14.1. The van der Waals surface area contributed by atoms with Gasteiger partial charge in [0.05, 0.1) is 0 Å². The molecule has 0 radical (unpaired) electrons. The smallest absolute Gasteiger partial charge is 0.232 e. The molecule has 0 heterocycles. The normalized spacial score (nSPS) is 11.4. The summed E-state index contributed by atoms with van der Waals surface area (Å²) in [6, 6.07) is 7.95. The molecule has 0 atom stereocenters. The van der Waals surface area contributed by atoms with E-state index < -0.39 is 0 Å². The van der Waals surface area contributed by atoms with Crippen LogP contribution in [0.1, 0.15) is 26.3 Å². The van der Waals surface area contributed by atoms with Crippen molar-refractivity contribution in [3.63, 3.8) is 0 Å². The molecular weight excluding hydrogens is 212 g/mol. The van der Waals surface area contributed by atoms with E-state index in [-0.39, 0.29) is 11.3 Å². The molecule has 0 fully saturated rings. The first kappa shape index (κ1) is 13.7. The van der Waals surface area contributed by atoms with E-state index in [0.29, 0.717) is 13.1 Å². The highest BCUT2D eigenvalue weighted by Crippen LogP contribution is 2.23. The van der Waals surface area contributed by atoms with Crippen LogP contribution >= 0.6 is 0 Å². The molecule has 3 nitrogen and oxygen atoms in total. The molecule has 2 N–H and O–H groups in total. The molecule has 0 aliphatic rings. The van der Waals surface area contributed by atoms with Gasteiger partial charge in [-0.25, -0.2) is 0 Å². The number of nitrogens with two attached hydrogens (primary N) is 1. The monoisotopic (exact) mass is 234 g/mol. The molecule has 0 bridgehead atoms. The van der Waals surface area contributed by atoms with E-state index in [1.807, 2.05) is 52.0 Å². The van der Waals surface area contributed by atoms with Crippen LogP contribution in [0.5, 0.6) is 0 Å². The number of hydrogen-bond acceptors (Lipinski definition) is 2. The fourth-order valence-electron chi connectivity index (χ4n) is 1.61. The quantitative estimate of drug-likeness (QED) is 0.872. The molecule has 1 aromatic rings. The predicted octanol–water partition coefficient (Wildman–Crippen LogP) is 2.33. The Bertz CT molecular complexity index is 376. The summed E-state index contributed by atoms with van der Waals surface area (Å²) in [6.45, 7) is 8.82. The van der Waals surface area contributed by atoms with Gasteiger partial charge in [0.2, 0.25) is 5.91 Å². The first-order valence-corrected chi connectivity index (χ1v) is 5.95. The number of hydrogen-bond donors (Lipinski definition) is 1. The van der Waals surface area contributed by atoms with E-state index in [1.165, 1.54) is 5.56 Å². The zero-order valence-corrected chi connectivity index (χ0v) is 11.2. The van der Waals surface area contributed by atoms with Crippen LogP contribution in [-0.2, 0) is 4.79 Å². The van der Waals surface area contributed by atoms with Crippen molar-refractivity contribution >= 4 is 11.6 Å². The van der Waals surface area contributed by atoms with Crippen molar-refractivity contribution in [3.05, 3.63) is 29.8 Å². The van der Waals surface area contributed by atoms with E-state index in [2.05, 4.69) is 0 Å². The fraction of sp³-hybridized carbons (Fsp3) is 0.500. The van der Waals surface area contributed by atoms with Gasteiger partial charge in [-0.15, -0.1) is 0 Å². The molecule has 0 aromatic heterocycles. The van der Waals surface area contributed by atoms with Gasteiger partial charge >= 0.3 is 0 Å². The summed E-state index contributed by atoms with van der Waals surface area (Å²) in [5.41, 5.74) is 7.30. The molecule has 1 rings (SSSR count). The van der Waals surface area contributed by atoms with Gasteiger partial charge in [0.1, 0.15) is 0 Å². The Labute approximate surface area is 104 Å². The Hall–Kier alpha value is -1.35. The lowest BCUT2D eigenvalue weighted by molar-refractivity contribution is -0.125. The van der Waals surface area contributed by atoms with Crippen LogP contribution in [0.3, 0.4) is 0 Å². The third kappa shape index (κ3) is 3.56. The van der Waals surface area contributed by atoms with Crippen LogP contribution in [0.2, 0.25) is 0 Å². The predicted molar refractivity (Wildman–Crippen MR) is 72.0 cm³/mol. The zero-order valence-electron chi connectivity index (χ0n) is 11.2. The van der Waals surface area contributed by atoms with Crippen molar-refractivity contribution in [1.82, 2.24) is 0 Å². The number of benzene rings is 1. The maximum Gasteiger partial charge on any atom is 0.232 e. The average Bonchev–Trinajstić information content (AvgIpc) is 2.25. The summed E-state index contributed by atoms with van der Waals surface area (Å²) >= 11 is 0. The number of nitrogens with zero attached hydrogens (tertiary/aromatic N) is 1. The Balaban J connectivity index is 3.01. The van der Waals surface area contributed by atoms with Crippen molar-refractivity contribution in [2.45, 2.75) is 27.7 Å². The molecule has 1 amide bonds. The highest BCUT2D eigenvalue weighted by molar-refractivity contribution is 5.96. The number of carbonyl (C=O) groups is 1. The Morgan fingerprint density at radius 2 is 1.76 bits per heavy atom. The van der Waals surface area contributed by atoms with Crippen molar-refractivity contribution in [1.29, 1.82) is 0 Å². The highest BCUT2D eigenvalue weighted by atomic mass is 16.2. The van der Waals surface area contributed by atoms with E-state index in [9.17, 15) is 4.79 Å². The maximum absolute atomic E-state index is 12.3. The van der Waals surface area contributed by atoms with Crippen LogP contribution in [0.15, 0.2) is 24.3 Å². The maximum atomic E-state index is 12.3. The Morgan fingerprint density at radius 1 is 1.24 bits per heavy atom. The van der Waals surface area contributed by atoms with Crippen LogP contribution in [0, 0.1) is 12.3 Å². The minimum Gasteiger partial charge on any atom is -0.329 e. The Morgan fingerprint density at radius 3 is 2.18 bits per heavy atom. The van der Waals surface area contributed by atoms with Gasteiger partial charge in [0.25, 0.3) is 0 Å². The van der Waals surface area contributed by atoms with E-state index in [4.69, 9.17) is 5.73 Å². The Kier molecular flexibility index (Phi) is 4.29. The molecule has 0 saturated heterocycles. The molecule has 0 aliphatic heterocycles. The van der Waals surface area contributed by atoms with Crippen LogP contribution in [0.25, 0.3) is 0 Å². The molecule has 94 valence electrons. The molecular formula is C14H22N2O. The van der Waals surface area contributed by atoms with Crippen LogP contribution in [-0.4, -0.2) is 19.0 Å². The van der Waals surface area contributed by atoms with Gasteiger partial charge in [-0.2, -0.15) is 0 Å². The second kappa shape index (κ2) is 5.32.